The summed E-state index contributed by atoms with van der Waals surface area (Å²) in [7, 11) is 3.20. The third kappa shape index (κ3) is 4.91. The number of nitrogens with zero attached hydrogens (tertiary/aromatic N) is 1. The maximum Gasteiger partial charge on any atom is 0.107 e. The molecule has 0 radical (unpaired) electrons. The lowest BCUT2D eigenvalue weighted by Gasteiger charge is -2.26. The fourth-order valence-corrected chi connectivity index (χ4v) is 1.36. The van der Waals surface area contributed by atoms with E-state index in [1.807, 2.05) is 0 Å². The van der Waals surface area contributed by atoms with E-state index in [1.54, 1.807) is 14.2 Å². The number of hydrogen-bond acceptors (Lipinski definition) is 4. The van der Waals surface area contributed by atoms with Crippen LogP contribution in [0.5, 0.6) is 0 Å². The first-order valence-corrected chi connectivity index (χ1v) is 5.11. The Morgan fingerprint density at radius 2 is 1.79 bits per heavy atom. The molecule has 0 saturated carbocycles. The van der Waals surface area contributed by atoms with Crippen molar-refractivity contribution in [2.24, 2.45) is 0 Å². The molecule has 0 bridgehead atoms. The van der Waals surface area contributed by atoms with Gasteiger partial charge in [-0.05, 0) is 13.1 Å². The van der Waals surface area contributed by atoms with Crippen molar-refractivity contribution in [3.05, 3.63) is 0 Å². The quantitative estimate of drug-likeness (QED) is 0.621. The highest BCUT2D eigenvalue weighted by molar-refractivity contribution is 4.72. The molecule has 0 aliphatic carbocycles. The summed E-state index contributed by atoms with van der Waals surface area (Å²) < 4.78 is 10.1. The summed E-state index contributed by atoms with van der Waals surface area (Å²) in [6, 6.07) is 0. The van der Waals surface area contributed by atoms with Crippen molar-refractivity contribution < 1.29 is 14.6 Å². The second-order valence-electron chi connectivity index (χ2n) is 3.28. The molecule has 0 aromatic rings. The predicted octanol–water partition coefficient (Wildman–Crippen LogP) is 0.350. The van der Waals surface area contributed by atoms with E-state index in [0.717, 1.165) is 13.1 Å². The molecule has 0 aromatic heterocycles. The standard InChI is InChI=1S/C10H23NO3/c1-5-11(6-2)7-9(12)10(14-4)8-13-3/h9-10,12H,5-8H2,1-4H3/t9-,10+/m1/s1. The van der Waals surface area contributed by atoms with E-state index in [9.17, 15) is 5.11 Å². The molecule has 1 N–H and O–H groups in total. The number of rotatable bonds is 8. The summed E-state index contributed by atoms with van der Waals surface area (Å²) in [5, 5.41) is 9.83. The van der Waals surface area contributed by atoms with E-state index >= 15 is 0 Å². The predicted molar refractivity (Wildman–Crippen MR) is 56.5 cm³/mol. The lowest BCUT2D eigenvalue weighted by Crippen LogP contribution is -2.42. The van der Waals surface area contributed by atoms with Gasteiger partial charge in [0.15, 0.2) is 0 Å². The van der Waals surface area contributed by atoms with Crippen LogP contribution in [0.1, 0.15) is 13.8 Å². The van der Waals surface area contributed by atoms with Crippen molar-refractivity contribution >= 4 is 0 Å². The molecule has 86 valence electrons. The van der Waals surface area contributed by atoms with Crippen LogP contribution in [0.3, 0.4) is 0 Å². The smallest absolute Gasteiger partial charge is 0.107 e. The van der Waals surface area contributed by atoms with Crippen molar-refractivity contribution in [1.29, 1.82) is 0 Å². The van der Waals surface area contributed by atoms with E-state index in [0.29, 0.717) is 13.2 Å². The van der Waals surface area contributed by atoms with Crippen LogP contribution in [0, 0.1) is 0 Å². The molecular formula is C10H23NO3. The lowest BCUT2D eigenvalue weighted by atomic mass is 10.2. The van der Waals surface area contributed by atoms with Gasteiger partial charge in [0.1, 0.15) is 6.10 Å². The summed E-state index contributed by atoms with van der Waals surface area (Å²) >= 11 is 0. The maximum absolute atomic E-state index is 9.83. The molecule has 0 heterocycles. The molecule has 0 aliphatic rings. The van der Waals surface area contributed by atoms with E-state index in [2.05, 4.69) is 18.7 Å². The topological polar surface area (TPSA) is 41.9 Å². The van der Waals surface area contributed by atoms with E-state index in [1.165, 1.54) is 0 Å². The number of aliphatic hydroxyl groups excluding tert-OH is 1. The molecule has 0 amide bonds. The van der Waals surface area contributed by atoms with Crippen LogP contribution < -0.4 is 0 Å². The summed E-state index contributed by atoms with van der Waals surface area (Å²) in [5.74, 6) is 0. The molecule has 0 spiro atoms. The lowest BCUT2D eigenvalue weighted by molar-refractivity contribution is -0.0605. The average molecular weight is 205 g/mol. The van der Waals surface area contributed by atoms with Gasteiger partial charge < -0.3 is 19.5 Å². The molecule has 4 heteroatoms. The number of ether oxygens (including phenoxy) is 2. The van der Waals surface area contributed by atoms with Gasteiger partial charge in [-0.3, -0.25) is 0 Å². The fourth-order valence-electron chi connectivity index (χ4n) is 1.36. The molecule has 0 aliphatic heterocycles. The molecular weight excluding hydrogens is 182 g/mol. The maximum atomic E-state index is 9.83. The Morgan fingerprint density at radius 3 is 2.14 bits per heavy atom. The average Bonchev–Trinajstić information content (AvgIpc) is 2.22. The molecule has 14 heavy (non-hydrogen) atoms. The first-order valence-electron chi connectivity index (χ1n) is 5.11. The second-order valence-corrected chi connectivity index (χ2v) is 3.28. The molecule has 0 unspecified atom stereocenters. The molecule has 0 rings (SSSR count). The zero-order chi connectivity index (χ0) is 11.0. The van der Waals surface area contributed by atoms with Crippen LogP contribution in [0.2, 0.25) is 0 Å². The highest BCUT2D eigenvalue weighted by Crippen LogP contribution is 2.02. The second kappa shape index (κ2) is 8.17. The van der Waals surface area contributed by atoms with Gasteiger partial charge in [0.25, 0.3) is 0 Å². The minimum Gasteiger partial charge on any atom is -0.389 e. The Morgan fingerprint density at radius 1 is 1.21 bits per heavy atom. The number of aliphatic hydroxyl groups is 1. The van der Waals surface area contributed by atoms with Crippen LogP contribution in [0.4, 0.5) is 0 Å². The van der Waals surface area contributed by atoms with Crippen LogP contribution >= 0.6 is 0 Å². The van der Waals surface area contributed by atoms with Crippen LogP contribution in [-0.2, 0) is 9.47 Å². The zero-order valence-electron chi connectivity index (χ0n) is 9.69. The van der Waals surface area contributed by atoms with Gasteiger partial charge in [-0.15, -0.1) is 0 Å². The normalized spacial score (nSPS) is 15.9. The summed E-state index contributed by atoms with van der Waals surface area (Å²) in [6.07, 6.45) is -0.722. The van der Waals surface area contributed by atoms with Gasteiger partial charge in [0.2, 0.25) is 0 Å². The van der Waals surface area contributed by atoms with Gasteiger partial charge in [-0.25, -0.2) is 0 Å². The van der Waals surface area contributed by atoms with E-state index < -0.39 is 6.10 Å². The minimum absolute atomic E-state index is 0.236. The van der Waals surface area contributed by atoms with Crippen LogP contribution in [0.25, 0.3) is 0 Å². The van der Waals surface area contributed by atoms with Crippen LogP contribution in [-0.4, -0.2) is 62.7 Å². The number of hydrogen-bond donors (Lipinski definition) is 1. The summed E-state index contributed by atoms with van der Waals surface area (Å²) in [4.78, 5) is 2.16. The SMILES string of the molecule is CCN(CC)C[C@@H](O)[C@H](COC)OC. The molecule has 0 aromatic carbocycles. The number of likely N-dealkylation sites (N-methyl/N-ethyl adjacent to an activating group) is 1. The Kier molecular flexibility index (Phi) is 8.08. The van der Waals surface area contributed by atoms with Crippen molar-refractivity contribution in [2.45, 2.75) is 26.1 Å². The number of methoxy groups -OCH3 is 2. The third-order valence-electron chi connectivity index (χ3n) is 2.40. The van der Waals surface area contributed by atoms with Crippen LogP contribution in [0.15, 0.2) is 0 Å². The van der Waals surface area contributed by atoms with Crippen molar-refractivity contribution in [3.63, 3.8) is 0 Å². The Labute approximate surface area is 86.8 Å². The van der Waals surface area contributed by atoms with Crippen molar-refractivity contribution in [2.75, 3.05) is 40.5 Å². The first-order chi connectivity index (χ1) is 6.69. The minimum atomic E-state index is -0.486. The highest BCUT2D eigenvalue weighted by Gasteiger charge is 2.20. The summed E-state index contributed by atoms with van der Waals surface area (Å²) in [6.45, 7) is 7.10. The van der Waals surface area contributed by atoms with E-state index in [4.69, 9.17) is 9.47 Å². The fraction of sp³-hybridized carbons (Fsp3) is 1.00. The third-order valence-corrected chi connectivity index (χ3v) is 2.40. The first kappa shape index (κ1) is 13.8. The zero-order valence-corrected chi connectivity index (χ0v) is 9.69. The summed E-state index contributed by atoms with van der Waals surface area (Å²) in [5.41, 5.74) is 0. The Balaban J connectivity index is 3.94. The monoisotopic (exact) mass is 205 g/mol. The molecule has 0 saturated heterocycles. The Bertz CT molecular complexity index is 129. The van der Waals surface area contributed by atoms with Gasteiger partial charge in [0.05, 0.1) is 12.7 Å². The van der Waals surface area contributed by atoms with Crippen molar-refractivity contribution in [1.82, 2.24) is 4.90 Å². The van der Waals surface area contributed by atoms with E-state index in [-0.39, 0.29) is 6.10 Å². The Hall–Kier alpha value is -0.160. The van der Waals surface area contributed by atoms with Gasteiger partial charge in [0, 0.05) is 20.8 Å². The van der Waals surface area contributed by atoms with Crippen molar-refractivity contribution in [3.8, 4) is 0 Å². The van der Waals surface area contributed by atoms with Gasteiger partial charge in [-0.1, -0.05) is 13.8 Å². The highest BCUT2D eigenvalue weighted by atomic mass is 16.5. The molecule has 2 atom stereocenters. The molecule has 4 nitrogen and oxygen atoms in total. The van der Waals surface area contributed by atoms with Gasteiger partial charge >= 0.3 is 0 Å². The molecule has 0 fully saturated rings. The van der Waals surface area contributed by atoms with Gasteiger partial charge in [-0.2, -0.15) is 0 Å². The largest absolute Gasteiger partial charge is 0.389 e.